The zero-order valence-corrected chi connectivity index (χ0v) is 24.6. The van der Waals surface area contributed by atoms with E-state index in [-0.39, 0.29) is 24.4 Å². The Morgan fingerprint density at radius 2 is 1.70 bits per heavy atom. The van der Waals surface area contributed by atoms with Crippen molar-refractivity contribution in [2.24, 2.45) is 5.92 Å². The molecule has 1 aromatic heterocycles. The maximum absolute atomic E-state index is 14.0. The Hall–Kier alpha value is -3.31. The average molecular weight is 560 g/mol. The van der Waals surface area contributed by atoms with Gasteiger partial charge in [-0.3, -0.25) is 9.59 Å². The van der Waals surface area contributed by atoms with Crippen molar-refractivity contribution in [1.29, 1.82) is 0 Å². The monoisotopic (exact) mass is 559 g/mol. The van der Waals surface area contributed by atoms with Gasteiger partial charge in [-0.1, -0.05) is 93.2 Å². The zero-order valence-electron chi connectivity index (χ0n) is 23.8. The number of rotatable bonds is 12. The molecule has 1 saturated carbocycles. The number of halogens is 1. The molecule has 40 heavy (non-hydrogen) atoms. The smallest absolute Gasteiger partial charge is 0.247 e. The summed E-state index contributed by atoms with van der Waals surface area (Å²) in [5, 5.41) is 0.741. The molecular weight excluding hydrogens is 518 g/mol. The van der Waals surface area contributed by atoms with Crippen molar-refractivity contribution in [3.05, 3.63) is 101 Å². The maximum atomic E-state index is 14.0. The van der Waals surface area contributed by atoms with Crippen molar-refractivity contribution in [2.45, 2.75) is 71.5 Å². The molecule has 0 radical (unpaired) electrons. The van der Waals surface area contributed by atoms with Gasteiger partial charge in [0.15, 0.2) is 0 Å². The fraction of sp³-hybridized carbons (Fsp3) is 0.412. The number of hydrogen-bond acceptors (Lipinski definition) is 2. The van der Waals surface area contributed by atoms with Crippen molar-refractivity contribution in [1.82, 2.24) is 14.4 Å². The van der Waals surface area contributed by atoms with Crippen LogP contribution in [0.2, 0.25) is 5.02 Å². The van der Waals surface area contributed by atoms with E-state index >= 15 is 0 Å². The highest BCUT2D eigenvalue weighted by atomic mass is 35.5. The van der Waals surface area contributed by atoms with E-state index in [2.05, 4.69) is 30.7 Å². The fourth-order valence-electron chi connectivity index (χ4n) is 5.32. The summed E-state index contributed by atoms with van der Waals surface area (Å²) in [6.07, 6.45) is 11.8. The first-order valence-electron chi connectivity index (χ1n) is 14.6. The number of aromatic nitrogens is 1. The molecular formula is C34H42ClN3O2. The normalized spacial score (nSPS) is 14.1. The molecule has 0 unspecified atom stereocenters. The Labute approximate surface area is 244 Å². The van der Waals surface area contributed by atoms with Crippen LogP contribution < -0.4 is 0 Å². The first-order chi connectivity index (χ1) is 19.4. The number of carbonyl (C=O) groups excluding carboxylic acids is 2. The molecule has 0 bridgehead atoms. The first-order valence-corrected chi connectivity index (χ1v) is 15.0. The second-order valence-corrected chi connectivity index (χ2v) is 11.6. The number of carbonyl (C=O) groups is 2. The van der Waals surface area contributed by atoms with Crippen molar-refractivity contribution >= 4 is 29.5 Å². The van der Waals surface area contributed by atoms with Gasteiger partial charge >= 0.3 is 0 Å². The standard InChI is InChI=1S/C34H42ClN3O2/c1-27(2)21-23-37(33(39)20-19-28-12-5-3-6-13-28)26-34(40)38(30-15-7-4-8-16-30)25-31-17-11-22-36(31)24-29-14-9-10-18-32(29)35/h3,5-6,9-14,17-20,22,27,30H,4,7-8,15-16,21,23-26H2,1-2H3. The van der Waals surface area contributed by atoms with Crippen LogP contribution in [0.25, 0.3) is 6.08 Å². The van der Waals surface area contributed by atoms with Crippen molar-refractivity contribution < 1.29 is 9.59 Å². The molecule has 0 N–H and O–H groups in total. The highest BCUT2D eigenvalue weighted by Crippen LogP contribution is 2.26. The van der Waals surface area contributed by atoms with Gasteiger partial charge in [0.05, 0.1) is 6.54 Å². The largest absolute Gasteiger partial charge is 0.345 e. The molecule has 1 fully saturated rings. The van der Waals surface area contributed by atoms with Gasteiger partial charge in [0.1, 0.15) is 6.54 Å². The molecule has 5 nitrogen and oxygen atoms in total. The van der Waals surface area contributed by atoms with Gasteiger partial charge in [-0.05, 0) is 60.6 Å². The summed E-state index contributed by atoms with van der Waals surface area (Å²) in [5.41, 5.74) is 3.09. The molecule has 0 spiro atoms. The molecule has 212 valence electrons. The summed E-state index contributed by atoms with van der Waals surface area (Å²) in [6, 6.07) is 22.0. The Morgan fingerprint density at radius 1 is 0.975 bits per heavy atom. The van der Waals surface area contributed by atoms with Gasteiger partial charge in [0.2, 0.25) is 11.8 Å². The lowest BCUT2D eigenvalue weighted by molar-refractivity contribution is -0.141. The quantitative estimate of drug-likeness (QED) is 0.216. The Bertz CT molecular complexity index is 1260. The molecule has 0 atom stereocenters. The van der Waals surface area contributed by atoms with E-state index in [1.54, 1.807) is 11.0 Å². The second kappa shape index (κ2) is 14.9. The zero-order chi connectivity index (χ0) is 28.3. The molecule has 0 saturated heterocycles. The fourth-order valence-corrected chi connectivity index (χ4v) is 5.51. The van der Waals surface area contributed by atoms with Crippen molar-refractivity contribution in [2.75, 3.05) is 13.1 Å². The van der Waals surface area contributed by atoms with Crippen molar-refractivity contribution in [3.63, 3.8) is 0 Å². The molecule has 1 aliphatic rings. The van der Waals surface area contributed by atoms with E-state index in [0.717, 1.165) is 53.9 Å². The number of amides is 2. The lowest BCUT2D eigenvalue weighted by Crippen LogP contribution is -2.47. The third kappa shape index (κ3) is 8.59. The summed E-state index contributed by atoms with van der Waals surface area (Å²) in [6.45, 7) is 6.11. The third-order valence-electron chi connectivity index (χ3n) is 7.72. The van der Waals surface area contributed by atoms with Crippen LogP contribution in [-0.4, -0.2) is 45.3 Å². The lowest BCUT2D eigenvalue weighted by Gasteiger charge is -2.36. The minimum absolute atomic E-state index is 0.0163. The lowest BCUT2D eigenvalue weighted by atomic mass is 9.94. The molecule has 0 aliphatic heterocycles. The number of hydrogen-bond donors (Lipinski definition) is 0. The Kier molecular flexibility index (Phi) is 11.1. The topological polar surface area (TPSA) is 45.6 Å². The minimum atomic E-state index is -0.122. The Balaban J connectivity index is 1.53. The van der Waals surface area contributed by atoms with E-state index in [1.165, 1.54) is 6.42 Å². The van der Waals surface area contributed by atoms with E-state index in [1.807, 2.05) is 71.6 Å². The number of benzene rings is 2. The summed E-state index contributed by atoms with van der Waals surface area (Å²) in [4.78, 5) is 31.1. The van der Waals surface area contributed by atoms with Crippen LogP contribution in [0.3, 0.4) is 0 Å². The highest BCUT2D eigenvalue weighted by molar-refractivity contribution is 6.31. The van der Waals surface area contributed by atoms with Gasteiger partial charge in [-0.15, -0.1) is 0 Å². The van der Waals surface area contributed by atoms with E-state index < -0.39 is 0 Å². The van der Waals surface area contributed by atoms with Crippen LogP contribution in [0.4, 0.5) is 0 Å². The highest BCUT2D eigenvalue weighted by Gasteiger charge is 2.28. The van der Waals surface area contributed by atoms with Crippen molar-refractivity contribution in [3.8, 4) is 0 Å². The van der Waals surface area contributed by atoms with Crippen LogP contribution in [0.5, 0.6) is 0 Å². The molecule has 6 heteroatoms. The first kappa shape index (κ1) is 29.7. The summed E-state index contributed by atoms with van der Waals surface area (Å²) >= 11 is 6.45. The molecule has 2 aromatic carbocycles. The molecule has 1 heterocycles. The molecule has 2 amide bonds. The predicted molar refractivity (Wildman–Crippen MR) is 164 cm³/mol. The second-order valence-electron chi connectivity index (χ2n) is 11.2. The van der Waals surface area contributed by atoms with Gasteiger partial charge < -0.3 is 14.4 Å². The van der Waals surface area contributed by atoms with Crippen LogP contribution in [0, 0.1) is 5.92 Å². The number of nitrogens with zero attached hydrogens (tertiary/aromatic N) is 3. The molecule has 3 aromatic rings. The maximum Gasteiger partial charge on any atom is 0.247 e. The molecule has 4 rings (SSSR count). The van der Waals surface area contributed by atoms with Crippen LogP contribution in [-0.2, 0) is 22.7 Å². The van der Waals surface area contributed by atoms with Crippen LogP contribution in [0.1, 0.15) is 69.2 Å². The SMILES string of the molecule is CC(C)CCN(CC(=O)N(Cc1cccn1Cc1ccccc1Cl)C1CCCCC1)C(=O)C=Cc1ccccc1. The third-order valence-corrected chi connectivity index (χ3v) is 8.09. The van der Waals surface area contributed by atoms with Gasteiger partial charge in [-0.2, -0.15) is 0 Å². The van der Waals surface area contributed by atoms with E-state index in [0.29, 0.717) is 25.6 Å². The minimum Gasteiger partial charge on any atom is -0.345 e. The van der Waals surface area contributed by atoms with Gasteiger partial charge in [0.25, 0.3) is 0 Å². The summed E-state index contributed by atoms with van der Waals surface area (Å²) in [5.74, 6) is 0.331. The van der Waals surface area contributed by atoms with Gasteiger partial charge in [-0.25, -0.2) is 0 Å². The van der Waals surface area contributed by atoms with E-state index in [4.69, 9.17) is 11.6 Å². The van der Waals surface area contributed by atoms with Crippen LogP contribution >= 0.6 is 11.6 Å². The average Bonchev–Trinajstić information content (AvgIpc) is 3.41. The van der Waals surface area contributed by atoms with Crippen LogP contribution in [0.15, 0.2) is 79.0 Å². The summed E-state index contributed by atoms with van der Waals surface area (Å²) < 4.78 is 2.18. The Morgan fingerprint density at radius 3 is 2.42 bits per heavy atom. The summed E-state index contributed by atoms with van der Waals surface area (Å²) in [7, 11) is 0. The molecule has 1 aliphatic carbocycles. The van der Waals surface area contributed by atoms with Gasteiger partial charge in [0, 0.05) is 42.1 Å². The van der Waals surface area contributed by atoms with E-state index in [9.17, 15) is 9.59 Å². The predicted octanol–water partition coefficient (Wildman–Crippen LogP) is 7.44.